The molecule has 0 amide bonds. The zero-order chi connectivity index (χ0) is 12.5. The first kappa shape index (κ1) is 11.2. The summed E-state index contributed by atoms with van der Waals surface area (Å²) in [5, 5.41) is 14.7. The normalized spacial score (nSPS) is 13.3. The molecule has 0 N–H and O–H groups in total. The van der Waals surface area contributed by atoms with Crippen LogP contribution in [0.25, 0.3) is 0 Å². The molecule has 0 atom stereocenters. The van der Waals surface area contributed by atoms with E-state index in [0.29, 0.717) is 5.56 Å². The van der Waals surface area contributed by atoms with Crippen molar-refractivity contribution in [3.8, 4) is 6.07 Å². The molecule has 0 fully saturated rings. The number of aromatic nitrogens is 4. The van der Waals surface area contributed by atoms with Crippen LogP contribution in [0.15, 0.2) is 22.6 Å². The Kier molecular flexibility index (Phi) is 2.76. The minimum absolute atomic E-state index is 0.628. The largest absolute Gasteiger partial charge is 0.244 e. The third-order valence-electron chi connectivity index (χ3n) is 2.99. The summed E-state index contributed by atoms with van der Waals surface area (Å²) in [6.45, 7) is 0. The number of rotatable bonds is 2. The van der Waals surface area contributed by atoms with Crippen LogP contribution in [-0.4, -0.2) is 19.7 Å². The summed E-state index contributed by atoms with van der Waals surface area (Å²) in [6.07, 6.45) is 4.67. The molecule has 6 heteroatoms. The number of fused-ring (bicyclic) bond motifs is 1. The van der Waals surface area contributed by atoms with E-state index in [1.807, 2.05) is 13.1 Å². The molecule has 90 valence electrons. The molecule has 0 saturated carbocycles. The lowest BCUT2D eigenvalue weighted by molar-refractivity contribution is 0.684. The molecule has 0 aliphatic heterocycles. The first-order valence-corrected chi connectivity index (χ1v) is 6.54. The van der Waals surface area contributed by atoms with Gasteiger partial charge in [0.15, 0.2) is 5.16 Å². The predicted molar refractivity (Wildman–Crippen MR) is 66.1 cm³/mol. The van der Waals surface area contributed by atoms with Gasteiger partial charge in [0.1, 0.15) is 17.4 Å². The number of pyridine rings is 1. The maximum atomic E-state index is 9.20. The van der Waals surface area contributed by atoms with E-state index in [2.05, 4.69) is 21.1 Å². The molecule has 1 aliphatic carbocycles. The van der Waals surface area contributed by atoms with Crippen LogP contribution >= 0.6 is 11.8 Å². The summed E-state index contributed by atoms with van der Waals surface area (Å²) < 4.78 is 1.68. The maximum Gasteiger partial charge on any atom is 0.192 e. The van der Waals surface area contributed by atoms with Gasteiger partial charge in [-0.15, -0.1) is 0 Å². The van der Waals surface area contributed by atoms with Gasteiger partial charge in [0.05, 0.1) is 5.56 Å². The van der Waals surface area contributed by atoms with Crippen LogP contribution < -0.4 is 0 Å². The molecule has 18 heavy (non-hydrogen) atoms. The van der Waals surface area contributed by atoms with Gasteiger partial charge in [-0.2, -0.15) is 10.4 Å². The predicted octanol–water partition coefficient (Wildman–Crippen LogP) is 1.72. The van der Waals surface area contributed by atoms with Crippen LogP contribution in [0.5, 0.6) is 0 Å². The Bertz CT molecular complexity index is 640. The van der Waals surface area contributed by atoms with Gasteiger partial charge < -0.3 is 0 Å². The molecule has 0 spiro atoms. The topological polar surface area (TPSA) is 67.4 Å². The van der Waals surface area contributed by atoms with Gasteiger partial charge in [0.25, 0.3) is 0 Å². The standard InChI is InChI=1S/C12H11N5S/c1-17-12(14-7-15-17)18-11-9(6-13)5-8-3-2-4-10(8)16-11/h5,7H,2-4H2,1H3. The summed E-state index contributed by atoms with van der Waals surface area (Å²) in [5.41, 5.74) is 2.97. The van der Waals surface area contributed by atoms with E-state index >= 15 is 0 Å². The molecule has 0 bridgehead atoms. The van der Waals surface area contributed by atoms with Crippen LogP contribution in [-0.2, 0) is 19.9 Å². The van der Waals surface area contributed by atoms with Crippen molar-refractivity contribution in [2.24, 2.45) is 7.05 Å². The lowest BCUT2D eigenvalue weighted by atomic mass is 10.2. The van der Waals surface area contributed by atoms with Crippen LogP contribution in [0.3, 0.4) is 0 Å². The van der Waals surface area contributed by atoms with Crippen molar-refractivity contribution in [3.05, 3.63) is 29.2 Å². The Labute approximate surface area is 109 Å². The third kappa shape index (κ3) is 1.87. The van der Waals surface area contributed by atoms with Crippen molar-refractivity contribution in [2.45, 2.75) is 29.4 Å². The highest BCUT2D eigenvalue weighted by molar-refractivity contribution is 7.99. The van der Waals surface area contributed by atoms with E-state index in [9.17, 15) is 5.26 Å². The van der Waals surface area contributed by atoms with E-state index in [1.165, 1.54) is 23.7 Å². The SMILES string of the molecule is Cn1ncnc1Sc1nc2c(cc1C#N)CCC2. The fourth-order valence-corrected chi connectivity index (χ4v) is 2.90. The summed E-state index contributed by atoms with van der Waals surface area (Å²) in [6, 6.07) is 4.18. The maximum absolute atomic E-state index is 9.20. The van der Waals surface area contributed by atoms with Crippen molar-refractivity contribution in [2.75, 3.05) is 0 Å². The van der Waals surface area contributed by atoms with E-state index in [0.717, 1.165) is 35.1 Å². The Morgan fingerprint density at radius 2 is 2.33 bits per heavy atom. The quantitative estimate of drug-likeness (QED) is 0.819. The van der Waals surface area contributed by atoms with Crippen molar-refractivity contribution in [3.63, 3.8) is 0 Å². The van der Waals surface area contributed by atoms with E-state index < -0.39 is 0 Å². The highest BCUT2D eigenvalue weighted by Gasteiger charge is 2.18. The number of nitriles is 1. The first-order valence-electron chi connectivity index (χ1n) is 5.72. The lowest BCUT2D eigenvalue weighted by Crippen LogP contribution is -1.97. The number of aryl methyl sites for hydroxylation is 3. The molecule has 2 aromatic rings. The van der Waals surface area contributed by atoms with Crippen molar-refractivity contribution in [1.29, 1.82) is 5.26 Å². The van der Waals surface area contributed by atoms with Gasteiger partial charge >= 0.3 is 0 Å². The summed E-state index contributed by atoms with van der Waals surface area (Å²) >= 11 is 1.39. The summed E-state index contributed by atoms with van der Waals surface area (Å²) in [4.78, 5) is 8.74. The molecule has 5 nitrogen and oxygen atoms in total. The minimum atomic E-state index is 0.628. The fraction of sp³-hybridized carbons (Fsp3) is 0.333. The van der Waals surface area contributed by atoms with Gasteiger partial charge in [0, 0.05) is 12.7 Å². The second-order valence-corrected chi connectivity index (χ2v) is 5.14. The third-order valence-corrected chi connectivity index (χ3v) is 4.05. The first-order chi connectivity index (χ1) is 8.78. The minimum Gasteiger partial charge on any atom is -0.244 e. The van der Waals surface area contributed by atoms with Crippen molar-refractivity contribution >= 4 is 11.8 Å². The van der Waals surface area contributed by atoms with Crippen LogP contribution in [0.2, 0.25) is 0 Å². The zero-order valence-corrected chi connectivity index (χ0v) is 10.7. The molecule has 0 aromatic carbocycles. The van der Waals surface area contributed by atoms with Crippen molar-refractivity contribution in [1.82, 2.24) is 19.7 Å². The lowest BCUT2D eigenvalue weighted by Gasteiger charge is -2.05. The molecular formula is C12H11N5S. The zero-order valence-electron chi connectivity index (χ0n) is 9.92. The number of nitrogens with zero attached hydrogens (tertiary/aromatic N) is 5. The average molecular weight is 257 g/mol. The van der Waals surface area contributed by atoms with Gasteiger partial charge in [0.2, 0.25) is 0 Å². The van der Waals surface area contributed by atoms with Crippen LogP contribution in [0.1, 0.15) is 23.2 Å². The Hall–Kier alpha value is -1.87. The van der Waals surface area contributed by atoms with Gasteiger partial charge in [-0.25, -0.2) is 14.6 Å². The molecule has 2 heterocycles. The highest BCUT2D eigenvalue weighted by atomic mass is 32.2. The molecule has 0 saturated heterocycles. The summed E-state index contributed by atoms with van der Waals surface area (Å²) in [7, 11) is 1.83. The van der Waals surface area contributed by atoms with Crippen LogP contribution in [0.4, 0.5) is 0 Å². The second-order valence-electron chi connectivity index (χ2n) is 4.18. The molecular weight excluding hydrogens is 246 g/mol. The smallest absolute Gasteiger partial charge is 0.192 e. The van der Waals surface area contributed by atoms with Crippen molar-refractivity contribution < 1.29 is 0 Å². The average Bonchev–Trinajstić information content (AvgIpc) is 2.98. The molecule has 3 rings (SSSR count). The molecule has 1 aliphatic rings. The molecule has 0 unspecified atom stereocenters. The van der Waals surface area contributed by atoms with Gasteiger partial charge in [-0.05, 0) is 42.7 Å². The van der Waals surface area contributed by atoms with E-state index in [4.69, 9.17) is 0 Å². The Balaban J connectivity index is 2.02. The monoisotopic (exact) mass is 257 g/mol. The number of hydrogen-bond donors (Lipinski definition) is 0. The highest BCUT2D eigenvalue weighted by Crippen LogP contribution is 2.30. The fourth-order valence-electron chi connectivity index (χ4n) is 2.08. The van der Waals surface area contributed by atoms with E-state index in [1.54, 1.807) is 4.68 Å². The van der Waals surface area contributed by atoms with Gasteiger partial charge in [-0.3, -0.25) is 0 Å². The molecule has 2 aromatic heterocycles. The molecule has 0 radical (unpaired) electrons. The van der Waals surface area contributed by atoms with Crippen LogP contribution in [0, 0.1) is 11.3 Å². The Morgan fingerprint density at radius 1 is 1.44 bits per heavy atom. The Morgan fingerprint density at radius 3 is 3.06 bits per heavy atom. The second kappa shape index (κ2) is 4.42. The van der Waals surface area contributed by atoms with E-state index in [-0.39, 0.29) is 0 Å². The van der Waals surface area contributed by atoms with Gasteiger partial charge in [-0.1, -0.05) is 0 Å². The number of hydrogen-bond acceptors (Lipinski definition) is 5. The summed E-state index contributed by atoms with van der Waals surface area (Å²) in [5.74, 6) is 0.